The SMILES string of the molecule is [CH2]CC(C)(C)CC(C)CC. The minimum absolute atomic E-state index is 0.454. The van der Waals surface area contributed by atoms with Gasteiger partial charge in [-0.3, -0.25) is 0 Å². The van der Waals surface area contributed by atoms with E-state index in [-0.39, 0.29) is 0 Å². The highest BCUT2D eigenvalue weighted by Crippen LogP contribution is 2.29. The van der Waals surface area contributed by atoms with E-state index in [1.54, 1.807) is 0 Å². The number of hydrogen-bond acceptors (Lipinski definition) is 0. The van der Waals surface area contributed by atoms with E-state index in [1.807, 2.05) is 0 Å². The second-order valence-corrected chi connectivity index (χ2v) is 4.13. The zero-order valence-electron chi connectivity index (χ0n) is 7.91. The van der Waals surface area contributed by atoms with Gasteiger partial charge in [-0.05, 0) is 24.2 Å². The normalized spacial score (nSPS) is 15.3. The van der Waals surface area contributed by atoms with E-state index >= 15 is 0 Å². The minimum Gasteiger partial charge on any atom is -0.0651 e. The fourth-order valence-corrected chi connectivity index (χ4v) is 1.19. The Balaban J connectivity index is 3.64. The van der Waals surface area contributed by atoms with Gasteiger partial charge in [-0.25, -0.2) is 0 Å². The smallest absolute Gasteiger partial charge is 0.0352 e. The zero-order valence-corrected chi connectivity index (χ0v) is 7.91. The lowest BCUT2D eigenvalue weighted by atomic mass is 9.80. The first kappa shape index (κ1) is 10.0. The quantitative estimate of drug-likeness (QED) is 0.560. The molecule has 0 saturated heterocycles. The van der Waals surface area contributed by atoms with Crippen molar-refractivity contribution in [2.24, 2.45) is 11.3 Å². The molecule has 0 fully saturated rings. The molecule has 0 aliphatic heterocycles. The molecule has 0 saturated carbocycles. The molecule has 0 spiro atoms. The molecule has 1 radical (unpaired) electrons. The van der Waals surface area contributed by atoms with Crippen LogP contribution in [0.15, 0.2) is 0 Å². The van der Waals surface area contributed by atoms with Crippen LogP contribution in [0.4, 0.5) is 0 Å². The monoisotopic (exact) mass is 141 g/mol. The lowest BCUT2D eigenvalue weighted by Gasteiger charge is -2.25. The first-order valence-corrected chi connectivity index (χ1v) is 4.31. The van der Waals surface area contributed by atoms with Gasteiger partial charge in [-0.15, -0.1) is 0 Å². The standard InChI is InChI=1S/C10H21/c1-6-9(3)8-10(4,5)7-2/h9H,2,6-8H2,1,3-5H3. The van der Waals surface area contributed by atoms with Gasteiger partial charge in [0.1, 0.15) is 0 Å². The van der Waals surface area contributed by atoms with Gasteiger partial charge in [0.05, 0.1) is 0 Å². The van der Waals surface area contributed by atoms with Crippen molar-refractivity contribution in [2.75, 3.05) is 0 Å². The van der Waals surface area contributed by atoms with Gasteiger partial charge in [0.25, 0.3) is 0 Å². The van der Waals surface area contributed by atoms with Crippen LogP contribution in [-0.4, -0.2) is 0 Å². The highest BCUT2D eigenvalue weighted by molar-refractivity contribution is 4.71. The van der Waals surface area contributed by atoms with Crippen LogP contribution in [0.25, 0.3) is 0 Å². The molecular formula is C10H21. The average molecular weight is 141 g/mol. The Hall–Kier alpha value is 0. The largest absolute Gasteiger partial charge is 0.0651 e. The summed E-state index contributed by atoms with van der Waals surface area (Å²) in [7, 11) is 0. The maximum absolute atomic E-state index is 3.94. The maximum Gasteiger partial charge on any atom is -0.0352 e. The summed E-state index contributed by atoms with van der Waals surface area (Å²) in [4.78, 5) is 0. The van der Waals surface area contributed by atoms with Crippen LogP contribution in [0.2, 0.25) is 0 Å². The van der Waals surface area contributed by atoms with Crippen molar-refractivity contribution < 1.29 is 0 Å². The lowest BCUT2D eigenvalue weighted by Crippen LogP contribution is -2.13. The molecular weight excluding hydrogens is 120 g/mol. The Labute approximate surface area is 66.0 Å². The molecule has 10 heavy (non-hydrogen) atoms. The first-order valence-electron chi connectivity index (χ1n) is 4.31. The molecule has 0 heteroatoms. The third-order valence-electron chi connectivity index (χ3n) is 2.27. The van der Waals surface area contributed by atoms with Crippen LogP contribution in [-0.2, 0) is 0 Å². The molecule has 0 N–H and O–H groups in total. The lowest BCUT2D eigenvalue weighted by molar-refractivity contribution is 0.274. The van der Waals surface area contributed by atoms with E-state index in [4.69, 9.17) is 0 Å². The Bertz CT molecular complexity index is 82.0. The van der Waals surface area contributed by atoms with E-state index in [0.717, 1.165) is 12.3 Å². The van der Waals surface area contributed by atoms with Crippen LogP contribution in [0.5, 0.6) is 0 Å². The highest BCUT2D eigenvalue weighted by atomic mass is 14.2. The van der Waals surface area contributed by atoms with Gasteiger partial charge < -0.3 is 0 Å². The summed E-state index contributed by atoms with van der Waals surface area (Å²) in [5.74, 6) is 0.858. The van der Waals surface area contributed by atoms with Crippen molar-refractivity contribution in [1.82, 2.24) is 0 Å². The summed E-state index contributed by atoms with van der Waals surface area (Å²) >= 11 is 0. The molecule has 0 amide bonds. The molecule has 0 heterocycles. The predicted octanol–water partition coefficient (Wildman–Crippen LogP) is 3.67. The first-order chi connectivity index (χ1) is 4.52. The molecule has 0 aliphatic rings. The van der Waals surface area contributed by atoms with Crippen molar-refractivity contribution in [3.63, 3.8) is 0 Å². The second-order valence-electron chi connectivity index (χ2n) is 4.13. The van der Waals surface area contributed by atoms with Crippen LogP contribution < -0.4 is 0 Å². The second kappa shape index (κ2) is 4.00. The predicted molar refractivity (Wildman–Crippen MR) is 47.8 cm³/mol. The molecule has 0 aromatic rings. The Morgan fingerprint density at radius 3 is 2.20 bits per heavy atom. The molecule has 0 bridgehead atoms. The Kier molecular flexibility index (Phi) is 4.00. The van der Waals surface area contributed by atoms with Crippen molar-refractivity contribution in [3.8, 4) is 0 Å². The molecule has 0 nitrogen and oxygen atoms in total. The van der Waals surface area contributed by atoms with E-state index in [0.29, 0.717) is 5.41 Å². The van der Waals surface area contributed by atoms with Crippen molar-refractivity contribution in [2.45, 2.75) is 47.0 Å². The fourth-order valence-electron chi connectivity index (χ4n) is 1.19. The molecule has 1 unspecified atom stereocenters. The van der Waals surface area contributed by atoms with Gasteiger partial charge in [-0.1, -0.05) is 41.0 Å². The topological polar surface area (TPSA) is 0 Å². The number of rotatable bonds is 4. The van der Waals surface area contributed by atoms with E-state index in [9.17, 15) is 0 Å². The van der Waals surface area contributed by atoms with Crippen molar-refractivity contribution in [3.05, 3.63) is 6.92 Å². The van der Waals surface area contributed by atoms with Gasteiger partial charge in [0.15, 0.2) is 0 Å². The fraction of sp³-hybridized carbons (Fsp3) is 0.900. The number of hydrogen-bond donors (Lipinski definition) is 0. The third kappa shape index (κ3) is 3.92. The molecule has 61 valence electrons. The van der Waals surface area contributed by atoms with Crippen LogP contribution in [0.1, 0.15) is 47.0 Å². The van der Waals surface area contributed by atoms with Crippen LogP contribution in [0, 0.1) is 18.3 Å². The summed E-state index contributed by atoms with van der Waals surface area (Å²) in [5.41, 5.74) is 0.454. The summed E-state index contributed by atoms with van der Waals surface area (Å²) < 4.78 is 0. The molecule has 1 atom stereocenters. The van der Waals surface area contributed by atoms with Crippen molar-refractivity contribution in [1.29, 1.82) is 0 Å². The van der Waals surface area contributed by atoms with Gasteiger partial charge in [0.2, 0.25) is 0 Å². The van der Waals surface area contributed by atoms with E-state index in [1.165, 1.54) is 12.8 Å². The maximum atomic E-state index is 3.94. The van der Waals surface area contributed by atoms with Crippen molar-refractivity contribution >= 4 is 0 Å². The van der Waals surface area contributed by atoms with E-state index in [2.05, 4.69) is 34.6 Å². The summed E-state index contributed by atoms with van der Waals surface area (Å²) in [6.45, 7) is 13.1. The summed E-state index contributed by atoms with van der Waals surface area (Å²) in [5, 5.41) is 0. The van der Waals surface area contributed by atoms with Crippen LogP contribution >= 0.6 is 0 Å². The Morgan fingerprint density at radius 1 is 1.40 bits per heavy atom. The summed E-state index contributed by atoms with van der Waals surface area (Å²) in [6, 6.07) is 0. The third-order valence-corrected chi connectivity index (χ3v) is 2.27. The highest BCUT2D eigenvalue weighted by Gasteiger charge is 2.17. The van der Waals surface area contributed by atoms with E-state index < -0.39 is 0 Å². The van der Waals surface area contributed by atoms with Gasteiger partial charge in [-0.2, -0.15) is 0 Å². The van der Waals surface area contributed by atoms with Gasteiger partial charge in [0, 0.05) is 0 Å². The summed E-state index contributed by atoms with van der Waals surface area (Å²) in [6.07, 6.45) is 3.66. The minimum atomic E-state index is 0.454. The Morgan fingerprint density at radius 2 is 1.90 bits per heavy atom. The molecule has 0 aliphatic carbocycles. The molecule has 0 rings (SSSR count). The van der Waals surface area contributed by atoms with Gasteiger partial charge >= 0.3 is 0 Å². The molecule has 0 aromatic carbocycles. The average Bonchev–Trinajstić information content (AvgIpc) is 1.87. The van der Waals surface area contributed by atoms with Crippen LogP contribution in [0.3, 0.4) is 0 Å². The zero-order chi connectivity index (χ0) is 8.20. The molecule has 0 aromatic heterocycles.